The smallest absolute Gasteiger partial charge is 0.328 e. The Labute approximate surface area is 131 Å². The zero-order valence-electron chi connectivity index (χ0n) is 13.1. The van der Waals surface area contributed by atoms with Crippen molar-refractivity contribution in [2.24, 2.45) is 7.05 Å². The number of hydrogen-bond donors (Lipinski definition) is 1. The summed E-state index contributed by atoms with van der Waals surface area (Å²) in [6.45, 7) is 2.90. The maximum absolute atomic E-state index is 12.1. The zero-order valence-corrected chi connectivity index (χ0v) is 13.1. The van der Waals surface area contributed by atoms with E-state index in [1.807, 2.05) is 30.4 Å². The van der Waals surface area contributed by atoms with Crippen molar-refractivity contribution in [3.8, 4) is 0 Å². The van der Waals surface area contributed by atoms with Crippen molar-refractivity contribution in [2.75, 3.05) is 6.61 Å². The Kier molecular flexibility index (Phi) is 4.63. The number of aryl methyl sites for hydroxylation is 1. The van der Waals surface area contributed by atoms with Crippen LogP contribution in [0.4, 0.5) is 0 Å². The summed E-state index contributed by atoms with van der Waals surface area (Å²) in [6, 6.07) is 2.86. The fraction of sp³-hybridized carbons (Fsp3) is 0.333. The quantitative estimate of drug-likeness (QED) is 0.613. The second-order valence-electron chi connectivity index (χ2n) is 5.17. The first-order chi connectivity index (χ1) is 10.8. The highest BCUT2D eigenvalue weighted by Crippen LogP contribution is 2.13. The second-order valence-corrected chi connectivity index (χ2v) is 5.17. The summed E-state index contributed by atoms with van der Waals surface area (Å²) in [5.74, 6) is -1.05. The average molecular weight is 319 g/mol. The Hall–Kier alpha value is -2.90. The Morgan fingerprint density at radius 1 is 1.26 bits per heavy atom. The first-order valence-corrected chi connectivity index (χ1v) is 6.91. The number of esters is 1. The molecule has 2 aromatic rings. The van der Waals surface area contributed by atoms with E-state index in [4.69, 9.17) is 4.74 Å². The van der Waals surface area contributed by atoms with E-state index < -0.39 is 23.8 Å². The van der Waals surface area contributed by atoms with E-state index in [1.165, 1.54) is 6.20 Å². The van der Waals surface area contributed by atoms with Crippen molar-refractivity contribution in [1.29, 1.82) is 0 Å². The van der Waals surface area contributed by atoms with Gasteiger partial charge in [0, 0.05) is 36.3 Å². The van der Waals surface area contributed by atoms with Gasteiger partial charge in [0.2, 0.25) is 5.78 Å². The molecule has 0 aromatic carbocycles. The molecule has 0 radical (unpaired) electrons. The Balaban J connectivity index is 1.98. The van der Waals surface area contributed by atoms with Gasteiger partial charge >= 0.3 is 11.7 Å². The van der Waals surface area contributed by atoms with Gasteiger partial charge < -0.3 is 9.30 Å². The number of nitrogens with one attached hydrogen (secondary N) is 1. The third-order valence-electron chi connectivity index (χ3n) is 3.64. The molecule has 2 aromatic heterocycles. The molecule has 0 saturated heterocycles. The molecule has 0 aliphatic carbocycles. The van der Waals surface area contributed by atoms with Crippen molar-refractivity contribution in [2.45, 2.75) is 20.4 Å². The van der Waals surface area contributed by atoms with Crippen LogP contribution in [0.25, 0.3) is 0 Å². The molecule has 0 aliphatic heterocycles. The minimum absolute atomic E-state index is 0.312. The van der Waals surface area contributed by atoms with E-state index >= 15 is 0 Å². The lowest BCUT2D eigenvalue weighted by atomic mass is 10.1. The number of carbonyl (C=O) groups excluding carboxylic acids is 2. The van der Waals surface area contributed by atoms with Gasteiger partial charge in [-0.15, -0.1) is 0 Å². The maximum atomic E-state index is 12.1. The normalized spacial score (nSPS) is 10.6. The van der Waals surface area contributed by atoms with Crippen molar-refractivity contribution in [1.82, 2.24) is 14.1 Å². The minimum atomic E-state index is -0.738. The van der Waals surface area contributed by atoms with E-state index in [2.05, 4.69) is 0 Å². The molecule has 0 bridgehead atoms. The molecule has 8 heteroatoms. The van der Waals surface area contributed by atoms with Crippen LogP contribution in [0.1, 0.15) is 21.7 Å². The Bertz CT molecular complexity index is 872. The molecular weight excluding hydrogens is 302 g/mol. The van der Waals surface area contributed by atoms with Gasteiger partial charge in [0.05, 0.1) is 0 Å². The predicted octanol–water partition coefficient (Wildman–Crippen LogP) is -0.0820. The number of hydrogen-bond acceptors (Lipinski definition) is 5. The fourth-order valence-electron chi connectivity index (χ4n) is 2.11. The standard InChI is InChI=1S/C15H17N3O5/c1-9-6-11(10(2)17(9)3)12(19)8-23-14(21)7-18-5-4-13(20)16-15(18)22/h4-6H,7-8H2,1-3H3,(H,16,20,22). The largest absolute Gasteiger partial charge is 0.456 e. The van der Waals surface area contributed by atoms with E-state index in [-0.39, 0.29) is 12.3 Å². The lowest BCUT2D eigenvalue weighted by molar-refractivity contribution is -0.143. The average Bonchev–Trinajstić information content (AvgIpc) is 2.75. The number of aromatic nitrogens is 3. The van der Waals surface area contributed by atoms with Crippen molar-refractivity contribution >= 4 is 11.8 Å². The van der Waals surface area contributed by atoms with Crippen LogP contribution in [-0.2, 0) is 23.1 Å². The lowest BCUT2D eigenvalue weighted by Gasteiger charge is -2.06. The molecule has 122 valence electrons. The van der Waals surface area contributed by atoms with Gasteiger partial charge in [0.1, 0.15) is 6.54 Å². The molecule has 0 unspecified atom stereocenters. The molecule has 0 spiro atoms. The van der Waals surface area contributed by atoms with Crippen LogP contribution in [0.3, 0.4) is 0 Å². The highest BCUT2D eigenvalue weighted by molar-refractivity contribution is 5.99. The van der Waals surface area contributed by atoms with Crippen molar-refractivity contribution < 1.29 is 14.3 Å². The summed E-state index contributed by atoms with van der Waals surface area (Å²) < 4.78 is 7.76. The summed E-state index contributed by atoms with van der Waals surface area (Å²) in [4.78, 5) is 48.2. The van der Waals surface area contributed by atoms with Crippen LogP contribution in [-0.4, -0.2) is 32.5 Å². The van der Waals surface area contributed by atoms with Gasteiger partial charge in [-0.1, -0.05) is 0 Å². The molecule has 0 amide bonds. The first-order valence-electron chi connectivity index (χ1n) is 6.91. The van der Waals surface area contributed by atoms with E-state index in [0.717, 1.165) is 22.0 Å². The van der Waals surface area contributed by atoms with Crippen molar-refractivity contribution in [3.63, 3.8) is 0 Å². The summed E-state index contributed by atoms with van der Waals surface area (Å²) in [7, 11) is 1.84. The first kappa shape index (κ1) is 16.5. The zero-order chi connectivity index (χ0) is 17.1. The summed E-state index contributed by atoms with van der Waals surface area (Å²) in [5, 5.41) is 0. The van der Waals surface area contributed by atoms with Gasteiger partial charge in [-0.3, -0.25) is 23.9 Å². The highest BCUT2D eigenvalue weighted by Gasteiger charge is 2.16. The van der Waals surface area contributed by atoms with Gasteiger partial charge in [-0.05, 0) is 19.9 Å². The molecule has 23 heavy (non-hydrogen) atoms. The number of aromatic amines is 1. The number of rotatable bonds is 5. The third-order valence-corrected chi connectivity index (χ3v) is 3.64. The maximum Gasteiger partial charge on any atom is 0.328 e. The molecular formula is C15H17N3O5. The molecule has 2 rings (SSSR count). The molecule has 0 saturated carbocycles. The van der Waals surface area contributed by atoms with Crippen molar-refractivity contribution in [3.05, 3.63) is 56.1 Å². The van der Waals surface area contributed by atoms with Gasteiger partial charge in [0.25, 0.3) is 5.56 Å². The van der Waals surface area contributed by atoms with Gasteiger partial charge in [0.15, 0.2) is 6.61 Å². The SMILES string of the molecule is Cc1cc(C(=O)COC(=O)Cn2ccc(=O)[nH]c2=O)c(C)n1C. The number of H-pyrrole nitrogens is 1. The van der Waals surface area contributed by atoms with E-state index in [1.54, 1.807) is 6.07 Å². The lowest BCUT2D eigenvalue weighted by Crippen LogP contribution is -2.31. The summed E-state index contributed by atoms with van der Waals surface area (Å²) >= 11 is 0. The Morgan fingerprint density at radius 3 is 2.52 bits per heavy atom. The van der Waals surface area contributed by atoms with Crippen LogP contribution < -0.4 is 11.2 Å². The molecule has 8 nitrogen and oxygen atoms in total. The van der Waals surface area contributed by atoms with Crippen LogP contribution >= 0.6 is 0 Å². The third kappa shape index (κ3) is 3.65. The Morgan fingerprint density at radius 2 is 1.96 bits per heavy atom. The molecule has 0 atom stereocenters. The predicted molar refractivity (Wildman–Crippen MR) is 81.5 cm³/mol. The molecule has 0 fully saturated rings. The highest BCUT2D eigenvalue weighted by atomic mass is 16.5. The number of Topliss-reactive ketones (excluding diaryl/α,β-unsaturated/α-hetero) is 1. The summed E-state index contributed by atoms with van der Waals surface area (Å²) in [5.41, 5.74) is 0.955. The van der Waals surface area contributed by atoms with Gasteiger partial charge in [-0.25, -0.2) is 4.79 Å². The molecule has 1 N–H and O–H groups in total. The topological polar surface area (TPSA) is 103 Å². The van der Waals surface area contributed by atoms with Crippen LogP contribution in [0.2, 0.25) is 0 Å². The monoisotopic (exact) mass is 319 g/mol. The van der Waals surface area contributed by atoms with Gasteiger partial charge in [-0.2, -0.15) is 0 Å². The number of ether oxygens (including phenoxy) is 1. The van der Waals surface area contributed by atoms with E-state index in [0.29, 0.717) is 5.56 Å². The molecule has 2 heterocycles. The second kappa shape index (κ2) is 6.47. The van der Waals surface area contributed by atoms with Crippen LogP contribution in [0, 0.1) is 13.8 Å². The van der Waals surface area contributed by atoms with Crippen LogP contribution in [0.5, 0.6) is 0 Å². The number of ketones is 1. The van der Waals surface area contributed by atoms with Crippen LogP contribution in [0.15, 0.2) is 27.9 Å². The van der Waals surface area contributed by atoms with E-state index in [9.17, 15) is 19.2 Å². The number of carbonyl (C=O) groups is 2. The fourth-order valence-corrected chi connectivity index (χ4v) is 2.11. The number of nitrogens with zero attached hydrogens (tertiary/aromatic N) is 2. The molecule has 0 aliphatic rings. The summed E-state index contributed by atoms with van der Waals surface area (Å²) in [6.07, 6.45) is 1.19. The minimum Gasteiger partial charge on any atom is -0.456 e.